The van der Waals surface area contributed by atoms with Gasteiger partial charge in [0, 0.05) is 48.8 Å². The van der Waals surface area contributed by atoms with Gasteiger partial charge in [0.2, 0.25) is 11.8 Å². The van der Waals surface area contributed by atoms with Gasteiger partial charge in [-0.15, -0.1) is 0 Å². The number of carbonyl (C=O) groups excluding carboxylic acids is 3. The molecule has 2 heterocycles. The molecule has 0 fully saturated rings. The van der Waals surface area contributed by atoms with Gasteiger partial charge in [-0.05, 0) is 57.2 Å². The summed E-state index contributed by atoms with van der Waals surface area (Å²) in [5, 5.41) is 3.86. The molecule has 0 bridgehead atoms. The molecule has 3 amide bonds. The van der Waals surface area contributed by atoms with Crippen LogP contribution >= 0.6 is 0 Å². The predicted octanol–water partition coefficient (Wildman–Crippen LogP) is 3.65. The summed E-state index contributed by atoms with van der Waals surface area (Å²) in [6, 6.07) is 14.9. The fourth-order valence-corrected chi connectivity index (χ4v) is 4.26. The summed E-state index contributed by atoms with van der Waals surface area (Å²) in [7, 11) is 0. The standard InChI is InChI=1S/C26H30N4O4/c1-4-28(5-2)25(32)17-29-14-12-19-16-20(10-11-21(19)29)27-24(31)13-15-30-22-8-6-7-9-23(22)34-18(3)26(30)33/h6-12,14,16,18H,4-5,13,15,17H2,1-3H3,(H,27,31). The highest BCUT2D eigenvalue weighted by Crippen LogP contribution is 2.33. The average molecular weight is 463 g/mol. The number of para-hydroxylation sites is 2. The molecule has 8 heteroatoms. The Balaban J connectivity index is 1.40. The molecule has 0 saturated carbocycles. The fraction of sp³-hybridized carbons (Fsp3) is 0.346. The Morgan fingerprint density at radius 2 is 1.85 bits per heavy atom. The number of nitrogens with zero attached hydrogens (tertiary/aromatic N) is 3. The Kier molecular flexibility index (Phi) is 6.86. The number of ether oxygens (including phenoxy) is 1. The first-order valence-corrected chi connectivity index (χ1v) is 11.6. The maximum Gasteiger partial charge on any atom is 0.267 e. The van der Waals surface area contributed by atoms with Gasteiger partial charge in [0.05, 0.1) is 5.69 Å². The highest BCUT2D eigenvalue weighted by molar-refractivity contribution is 6.01. The van der Waals surface area contributed by atoms with Crippen molar-refractivity contribution in [2.75, 3.05) is 29.9 Å². The molecule has 1 unspecified atom stereocenters. The van der Waals surface area contributed by atoms with Gasteiger partial charge in [-0.25, -0.2) is 0 Å². The summed E-state index contributed by atoms with van der Waals surface area (Å²) in [4.78, 5) is 41.1. The van der Waals surface area contributed by atoms with Crippen LogP contribution in [0.2, 0.25) is 0 Å². The highest BCUT2D eigenvalue weighted by atomic mass is 16.5. The van der Waals surface area contributed by atoms with E-state index in [1.165, 1.54) is 0 Å². The SMILES string of the molecule is CCN(CC)C(=O)Cn1ccc2cc(NC(=O)CCN3C(=O)C(C)Oc4ccccc43)ccc21. The van der Waals surface area contributed by atoms with E-state index in [-0.39, 0.29) is 37.2 Å². The third-order valence-corrected chi connectivity index (χ3v) is 6.11. The van der Waals surface area contributed by atoms with Crippen molar-refractivity contribution in [1.29, 1.82) is 0 Å². The van der Waals surface area contributed by atoms with Crippen molar-refractivity contribution in [2.45, 2.75) is 39.8 Å². The molecular formula is C26H30N4O4. The molecule has 0 aliphatic carbocycles. The first-order chi connectivity index (χ1) is 16.4. The van der Waals surface area contributed by atoms with Gasteiger partial charge < -0.3 is 24.4 Å². The van der Waals surface area contributed by atoms with Gasteiger partial charge in [-0.2, -0.15) is 0 Å². The lowest BCUT2D eigenvalue weighted by Gasteiger charge is -2.32. The smallest absolute Gasteiger partial charge is 0.267 e. The Labute approximate surface area is 199 Å². The Morgan fingerprint density at radius 3 is 2.62 bits per heavy atom. The first-order valence-electron chi connectivity index (χ1n) is 11.6. The maximum atomic E-state index is 12.6. The molecule has 2 aromatic carbocycles. The number of nitrogens with one attached hydrogen (secondary N) is 1. The third-order valence-electron chi connectivity index (χ3n) is 6.11. The lowest BCUT2D eigenvalue weighted by atomic mass is 10.1. The van der Waals surface area contributed by atoms with Crippen LogP contribution in [0.15, 0.2) is 54.7 Å². The van der Waals surface area contributed by atoms with Crippen molar-refractivity contribution in [1.82, 2.24) is 9.47 Å². The zero-order valence-electron chi connectivity index (χ0n) is 19.8. The minimum absolute atomic E-state index is 0.0773. The number of aromatic nitrogens is 1. The molecular weight excluding hydrogens is 432 g/mol. The number of carbonyl (C=O) groups is 3. The monoisotopic (exact) mass is 462 g/mol. The van der Waals surface area contributed by atoms with E-state index < -0.39 is 6.10 Å². The van der Waals surface area contributed by atoms with Crippen LogP contribution in [0.1, 0.15) is 27.2 Å². The molecule has 1 aromatic heterocycles. The number of rotatable bonds is 8. The summed E-state index contributed by atoms with van der Waals surface area (Å²) in [5.74, 6) is 0.381. The Morgan fingerprint density at radius 1 is 1.09 bits per heavy atom. The van der Waals surface area contributed by atoms with Gasteiger partial charge in [0.1, 0.15) is 12.3 Å². The molecule has 1 N–H and O–H groups in total. The van der Waals surface area contributed by atoms with E-state index in [1.54, 1.807) is 16.7 Å². The number of hydrogen-bond acceptors (Lipinski definition) is 4. The van der Waals surface area contributed by atoms with Crippen LogP contribution in [0, 0.1) is 0 Å². The molecule has 3 aromatic rings. The molecule has 1 atom stereocenters. The number of likely N-dealkylation sites (N-methyl/N-ethyl adjacent to an activating group) is 1. The van der Waals surface area contributed by atoms with E-state index in [4.69, 9.17) is 4.74 Å². The molecule has 34 heavy (non-hydrogen) atoms. The summed E-state index contributed by atoms with van der Waals surface area (Å²) in [5.41, 5.74) is 2.29. The van der Waals surface area contributed by atoms with Crippen LogP contribution in [-0.4, -0.2) is 52.9 Å². The summed E-state index contributed by atoms with van der Waals surface area (Å²) in [6.07, 6.45) is 1.46. The van der Waals surface area contributed by atoms with Gasteiger partial charge in [0.25, 0.3) is 5.91 Å². The average Bonchev–Trinajstić information content (AvgIpc) is 3.22. The van der Waals surface area contributed by atoms with Crippen molar-refractivity contribution < 1.29 is 19.1 Å². The predicted molar refractivity (Wildman–Crippen MR) is 132 cm³/mol. The normalized spacial score (nSPS) is 15.1. The number of benzene rings is 2. The van der Waals surface area contributed by atoms with Crippen LogP contribution in [-0.2, 0) is 20.9 Å². The molecule has 4 rings (SSSR count). The van der Waals surface area contributed by atoms with Gasteiger partial charge in [-0.3, -0.25) is 14.4 Å². The number of anilines is 2. The van der Waals surface area contributed by atoms with E-state index in [2.05, 4.69) is 5.32 Å². The van der Waals surface area contributed by atoms with Crippen molar-refractivity contribution in [3.05, 3.63) is 54.7 Å². The van der Waals surface area contributed by atoms with Gasteiger partial charge in [-0.1, -0.05) is 12.1 Å². The minimum Gasteiger partial charge on any atom is -0.479 e. The lowest BCUT2D eigenvalue weighted by molar-refractivity contribution is -0.131. The van der Waals surface area contributed by atoms with E-state index in [9.17, 15) is 14.4 Å². The molecule has 0 saturated heterocycles. The molecule has 0 spiro atoms. The largest absolute Gasteiger partial charge is 0.479 e. The van der Waals surface area contributed by atoms with Crippen molar-refractivity contribution in [3.8, 4) is 5.75 Å². The quantitative estimate of drug-likeness (QED) is 0.554. The van der Waals surface area contributed by atoms with E-state index >= 15 is 0 Å². The minimum atomic E-state index is -0.585. The number of hydrogen-bond donors (Lipinski definition) is 1. The number of amides is 3. The Bertz CT molecular complexity index is 1210. The van der Waals surface area contributed by atoms with Crippen LogP contribution in [0.4, 0.5) is 11.4 Å². The zero-order valence-corrected chi connectivity index (χ0v) is 19.8. The molecule has 0 radical (unpaired) electrons. The van der Waals surface area contributed by atoms with Crippen molar-refractivity contribution in [2.24, 2.45) is 0 Å². The fourth-order valence-electron chi connectivity index (χ4n) is 4.26. The third kappa shape index (κ3) is 4.76. The Hall–Kier alpha value is -3.81. The van der Waals surface area contributed by atoms with E-state index in [0.717, 1.165) is 10.9 Å². The molecule has 8 nitrogen and oxygen atoms in total. The van der Waals surface area contributed by atoms with Crippen LogP contribution in [0.3, 0.4) is 0 Å². The van der Waals surface area contributed by atoms with E-state index in [1.807, 2.05) is 73.1 Å². The molecule has 178 valence electrons. The topological polar surface area (TPSA) is 83.9 Å². The lowest BCUT2D eigenvalue weighted by Crippen LogP contribution is -2.45. The van der Waals surface area contributed by atoms with Gasteiger partial charge in [0.15, 0.2) is 6.10 Å². The first kappa shape index (κ1) is 23.4. The van der Waals surface area contributed by atoms with Crippen LogP contribution in [0.25, 0.3) is 10.9 Å². The second-order valence-corrected chi connectivity index (χ2v) is 8.30. The zero-order chi connectivity index (χ0) is 24.2. The highest BCUT2D eigenvalue weighted by Gasteiger charge is 2.31. The maximum absolute atomic E-state index is 12.6. The summed E-state index contributed by atoms with van der Waals surface area (Å²) >= 11 is 0. The van der Waals surface area contributed by atoms with Crippen LogP contribution < -0.4 is 15.0 Å². The number of fused-ring (bicyclic) bond motifs is 2. The van der Waals surface area contributed by atoms with Crippen molar-refractivity contribution in [3.63, 3.8) is 0 Å². The van der Waals surface area contributed by atoms with Crippen LogP contribution in [0.5, 0.6) is 5.75 Å². The summed E-state index contributed by atoms with van der Waals surface area (Å²) in [6.45, 7) is 7.57. The second kappa shape index (κ2) is 9.99. The second-order valence-electron chi connectivity index (χ2n) is 8.30. The van der Waals surface area contributed by atoms with E-state index in [0.29, 0.717) is 30.2 Å². The molecule has 1 aliphatic rings. The van der Waals surface area contributed by atoms with Crippen molar-refractivity contribution >= 4 is 40.0 Å². The summed E-state index contributed by atoms with van der Waals surface area (Å²) < 4.78 is 7.57. The van der Waals surface area contributed by atoms with Gasteiger partial charge >= 0.3 is 0 Å². The molecule has 1 aliphatic heterocycles.